The van der Waals surface area contributed by atoms with Crippen LogP contribution in [0, 0.1) is 5.41 Å². The van der Waals surface area contributed by atoms with E-state index in [4.69, 9.17) is 26.8 Å². The van der Waals surface area contributed by atoms with E-state index in [-0.39, 0.29) is 12.6 Å². The molecule has 19 heavy (non-hydrogen) atoms. The number of carbonyl (C=O) groups is 1. The summed E-state index contributed by atoms with van der Waals surface area (Å²) in [7, 11) is 1.36. The molecule has 0 saturated heterocycles. The monoisotopic (exact) mass is 285 g/mol. The molecule has 0 aliphatic heterocycles. The van der Waals surface area contributed by atoms with Crippen molar-refractivity contribution in [2.24, 2.45) is 11.1 Å². The van der Waals surface area contributed by atoms with E-state index in [1.165, 1.54) is 7.11 Å². The first kappa shape index (κ1) is 15.8. The van der Waals surface area contributed by atoms with Gasteiger partial charge in [0, 0.05) is 10.6 Å². The van der Waals surface area contributed by atoms with Crippen molar-refractivity contribution in [1.82, 2.24) is 0 Å². The summed E-state index contributed by atoms with van der Waals surface area (Å²) in [6.45, 7) is 4.25. The first-order valence-corrected chi connectivity index (χ1v) is 6.49. The third kappa shape index (κ3) is 4.11. The van der Waals surface area contributed by atoms with Crippen LogP contribution in [-0.4, -0.2) is 26.2 Å². The van der Waals surface area contributed by atoms with E-state index in [1.807, 2.05) is 12.1 Å². The molecular weight excluding hydrogens is 266 g/mol. The van der Waals surface area contributed by atoms with Crippen LogP contribution in [-0.2, 0) is 16.0 Å². The number of hydrogen-bond donors (Lipinski definition) is 1. The van der Waals surface area contributed by atoms with Gasteiger partial charge in [-0.2, -0.15) is 0 Å². The predicted molar refractivity (Wildman–Crippen MR) is 75.5 cm³/mol. The average Bonchev–Trinajstić information content (AvgIpc) is 2.38. The Labute approximate surface area is 118 Å². The van der Waals surface area contributed by atoms with Gasteiger partial charge in [-0.1, -0.05) is 17.7 Å². The van der Waals surface area contributed by atoms with Crippen molar-refractivity contribution in [2.45, 2.75) is 20.3 Å². The highest BCUT2D eigenvalue weighted by atomic mass is 35.5. The van der Waals surface area contributed by atoms with Crippen LogP contribution in [0.5, 0.6) is 5.75 Å². The number of carbonyl (C=O) groups excluding carboxylic acids is 1. The maximum atomic E-state index is 11.6. The predicted octanol–water partition coefficient (Wildman–Crippen LogP) is 2.42. The van der Waals surface area contributed by atoms with Crippen LogP contribution in [0.3, 0.4) is 0 Å². The normalized spacial score (nSPS) is 11.2. The van der Waals surface area contributed by atoms with E-state index in [0.29, 0.717) is 23.7 Å². The lowest BCUT2D eigenvalue weighted by Crippen LogP contribution is -2.32. The Morgan fingerprint density at radius 1 is 1.42 bits per heavy atom. The molecule has 2 N–H and O–H groups in total. The quantitative estimate of drug-likeness (QED) is 0.816. The Morgan fingerprint density at radius 3 is 2.68 bits per heavy atom. The van der Waals surface area contributed by atoms with Gasteiger partial charge in [-0.15, -0.1) is 0 Å². The van der Waals surface area contributed by atoms with Gasteiger partial charge in [0.05, 0.1) is 12.5 Å². The maximum absolute atomic E-state index is 11.6. The minimum absolute atomic E-state index is 0.220. The summed E-state index contributed by atoms with van der Waals surface area (Å²) in [5, 5.41) is 0.624. The van der Waals surface area contributed by atoms with Gasteiger partial charge in [0.15, 0.2) is 0 Å². The SMILES string of the molecule is COC(=O)C(C)(C)COc1cccc(Cl)c1CCN. The van der Waals surface area contributed by atoms with E-state index in [1.54, 1.807) is 19.9 Å². The summed E-state index contributed by atoms with van der Waals surface area (Å²) in [5.41, 5.74) is 5.72. The highest BCUT2D eigenvalue weighted by Crippen LogP contribution is 2.28. The summed E-state index contributed by atoms with van der Waals surface area (Å²) in [6.07, 6.45) is 0.633. The topological polar surface area (TPSA) is 61.5 Å². The number of esters is 1. The number of ether oxygens (including phenoxy) is 2. The molecule has 0 fully saturated rings. The standard InChI is InChI=1S/C14H20ClNO3/c1-14(2,13(17)18-3)9-19-12-6-4-5-11(15)10(12)7-8-16/h4-6H,7-9,16H2,1-3H3. The molecule has 1 rings (SSSR count). The number of halogens is 1. The van der Waals surface area contributed by atoms with Crippen LogP contribution in [0.25, 0.3) is 0 Å². The molecule has 0 saturated carbocycles. The lowest BCUT2D eigenvalue weighted by Gasteiger charge is -2.22. The van der Waals surface area contributed by atoms with Gasteiger partial charge in [0.25, 0.3) is 0 Å². The summed E-state index contributed by atoms with van der Waals surface area (Å²) < 4.78 is 10.5. The van der Waals surface area contributed by atoms with E-state index in [9.17, 15) is 4.79 Å². The zero-order valence-electron chi connectivity index (χ0n) is 11.5. The fourth-order valence-corrected chi connectivity index (χ4v) is 1.91. The largest absolute Gasteiger partial charge is 0.492 e. The molecule has 0 radical (unpaired) electrons. The zero-order chi connectivity index (χ0) is 14.5. The third-order valence-electron chi connectivity index (χ3n) is 2.80. The first-order chi connectivity index (χ1) is 8.92. The second-order valence-corrected chi connectivity index (χ2v) is 5.33. The second kappa shape index (κ2) is 6.78. The van der Waals surface area contributed by atoms with Crippen molar-refractivity contribution in [3.63, 3.8) is 0 Å². The van der Waals surface area contributed by atoms with Crippen LogP contribution in [0.4, 0.5) is 0 Å². The Morgan fingerprint density at radius 2 is 2.11 bits per heavy atom. The molecule has 1 aromatic rings. The molecule has 0 aliphatic rings. The minimum atomic E-state index is -0.711. The molecule has 0 amide bonds. The molecule has 1 aromatic carbocycles. The molecule has 0 atom stereocenters. The molecule has 0 spiro atoms. The lowest BCUT2D eigenvalue weighted by molar-refractivity contribution is -0.152. The molecule has 0 aromatic heterocycles. The van der Waals surface area contributed by atoms with Gasteiger partial charge >= 0.3 is 5.97 Å². The van der Waals surface area contributed by atoms with Crippen molar-refractivity contribution in [3.8, 4) is 5.75 Å². The molecule has 4 nitrogen and oxygen atoms in total. The van der Waals surface area contributed by atoms with Crippen molar-refractivity contribution in [3.05, 3.63) is 28.8 Å². The molecule has 5 heteroatoms. The summed E-state index contributed by atoms with van der Waals surface area (Å²) in [5.74, 6) is 0.352. The van der Waals surface area contributed by atoms with Gasteiger partial charge in [0.2, 0.25) is 0 Å². The number of hydrogen-bond acceptors (Lipinski definition) is 4. The molecule has 0 unspecified atom stereocenters. The smallest absolute Gasteiger partial charge is 0.314 e. The molecule has 0 bridgehead atoms. The zero-order valence-corrected chi connectivity index (χ0v) is 12.3. The minimum Gasteiger partial charge on any atom is -0.492 e. The summed E-state index contributed by atoms with van der Waals surface area (Å²) >= 11 is 6.12. The van der Waals surface area contributed by atoms with Crippen molar-refractivity contribution < 1.29 is 14.3 Å². The summed E-state index contributed by atoms with van der Waals surface area (Å²) in [4.78, 5) is 11.6. The number of methoxy groups -OCH3 is 1. The van der Waals surface area contributed by atoms with Crippen LogP contribution in [0.2, 0.25) is 5.02 Å². The Kier molecular flexibility index (Phi) is 5.63. The van der Waals surface area contributed by atoms with E-state index < -0.39 is 5.41 Å². The van der Waals surface area contributed by atoms with Crippen LogP contribution in [0.15, 0.2) is 18.2 Å². The number of rotatable bonds is 6. The Balaban J connectivity index is 2.83. The fourth-order valence-electron chi connectivity index (χ4n) is 1.65. The highest BCUT2D eigenvalue weighted by molar-refractivity contribution is 6.31. The van der Waals surface area contributed by atoms with Gasteiger partial charge in [0.1, 0.15) is 12.4 Å². The molecule has 106 valence electrons. The maximum Gasteiger partial charge on any atom is 0.314 e. The van der Waals surface area contributed by atoms with Gasteiger partial charge in [-0.25, -0.2) is 0 Å². The number of nitrogens with two attached hydrogens (primary N) is 1. The highest BCUT2D eigenvalue weighted by Gasteiger charge is 2.30. The third-order valence-corrected chi connectivity index (χ3v) is 3.15. The van der Waals surface area contributed by atoms with Gasteiger partial charge in [-0.05, 0) is 38.9 Å². The summed E-state index contributed by atoms with van der Waals surface area (Å²) in [6, 6.07) is 5.43. The van der Waals surface area contributed by atoms with Gasteiger partial charge in [-0.3, -0.25) is 4.79 Å². The lowest BCUT2D eigenvalue weighted by atomic mass is 9.95. The van der Waals surface area contributed by atoms with Crippen molar-refractivity contribution in [2.75, 3.05) is 20.3 Å². The average molecular weight is 286 g/mol. The van der Waals surface area contributed by atoms with E-state index in [0.717, 1.165) is 5.56 Å². The van der Waals surface area contributed by atoms with Crippen LogP contribution >= 0.6 is 11.6 Å². The second-order valence-electron chi connectivity index (χ2n) is 4.92. The van der Waals surface area contributed by atoms with Crippen molar-refractivity contribution >= 4 is 17.6 Å². The Bertz CT molecular complexity index is 446. The van der Waals surface area contributed by atoms with Crippen molar-refractivity contribution in [1.29, 1.82) is 0 Å². The first-order valence-electron chi connectivity index (χ1n) is 6.11. The van der Waals surface area contributed by atoms with Gasteiger partial charge < -0.3 is 15.2 Å². The molecule has 0 heterocycles. The molecule has 0 aliphatic carbocycles. The van der Waals surface area contributed by atoms with E-state index in [2.05, 4.69) is 0 Å². The van der Waals surface area contributed by atoms with Crippen LogP contribution in [0.1, 0.15) is 19.4 Å². The fraction of sp³-hybridized carbons (Fsp3) is 0.500. The molecular formula is C14H20ClNO3. The Hall–Kier alpha value is -1.26. The number of benzene rings is 1. The van der Waals surface area contributed by atoms with Crippen LogP contribution < -0.4 is 10.5 Å². The van der Waals surface area contributed by atoms with E-state index >= 15 is 0 Å².